The second-order valence-electron chi connectivity index (χ2n) is 9.29. The lowest BCUT2D eigenvalue weighted by molar-refractivity contribution is 0.437. The molecule has 0 amide bonds. The summed E-state index contributed by atoms with van der Waals surface area (Å²) in [5.41, 5.74) is 4.98. The first-order chi connectivity index (χ1) is 18.5. The number of aryl methyl sites for hydroxylation is 1. The Morgan fingerprint density at radius 2 is 2.08 bits per heavy atom. The minimum Gasteiger partial charge on any atom is -0.391 e. The lowest BCUT2D eigenvalue weighted by Crippen LogP contribution is -2.43. The van der Waals surface area contributed by atoms with Crippen molar-refractivity contribution in [2.75, 3.05) is 13.1 Å². The van der Waals surface area contributed by atoms with E-state index in [1.807, 2.05) is 37.4 Å². The Morgan fingerprint density at radius 3 is 2.76 bits per heavy atom. The number of aromatic nitrogens is 1. The van der Waals surface area contributed by atoms with E-state index in [0.717, 1.165) is 54.3 Å². The minimum absolute atomic E-state index is 0.126. The number of pyridine rings is 1. The Kier molecular flexibility index (Phi) is 11.0. The van der Waals surface area contributed by atoms with Crippen molar-refractivity contribution in [3.63, 3.8) is 0 Å². The number of likely N-dealkylation sites (N-methyl/N-ethyl adjacent to an activating group) is 1. The molecule has 0 saturated carbocycles. The van der Waals surface area contributed by atoms with Gasteiger partial charge in [-0.15, -0.1) is 0 Å². The van der Waals surface area contributed by atoms with Crippen LogP contribution in [0, 0.1) is 17.2 Å². The molecule has 1 aliphatic heterocycles. The van der Waals surface area contributed by atoms with E-state index in [-0.39, 0.29) is 11.8 Å². The zero-order valence-corrected chi connectivity index (χ0v) is 22.5. The smallest absolute Gasteiger partial charge is 0.131 e. The number of benzene rings is 1. The first-order valence-corrected chi connectivity index (χ1v) is 13.1. The molecule has 2 heterocycles. The van der Waals surface area contributed by atoms with Crippen LogP contribution in [0.15, 0.2) is 102 Å². The van der Waals surface area contributed by atoms with Gasteiger partial charge in [0.15, 0.2) is 0 Å². The molecule has 0 bridgehead atoms. The maximum absolute atomic E-state index is 9.34. The topological polar surface area (TPSA) is 76.3 Å². The Balaban J connectivity index is 1.94. The Bertz CT molecular complexity index is 1220. The molecule has 6 nitrogen and oxygen atoms in total. The van der Waals surface area contributed by atoms with Crippen molar-refractivity contribution in [2.45, 2.75) is 45.6 Å². The third-order valence-electron chi connectivity index (χ3n) is 6.70. The highest BCUT2D eigenvalue weighted by molar-refractivity contribution is 6.24. The first kappa shape index (κ1) is 28.5. The van der Waals surface area contributed by atoms with Crippen LogP contribution < -0.4 is 10.6 Å². The Morgan fingerprint density at radius 1 is 1.26 bits per heavy atom. The number of aliphatic imine (C=N–C) groups is 1. The summed E-state index contributed by atoms with van der Waals surface area (Å²) in [4.78, 5) is 11.3. The van der Waals surface area contributed by atoms with Crippen LogP contribution in [-0.4, -0.2) is 36.7 Å². The van der Waals surface area contributed by atoms with Gasteiger partial charge in [-0.1, -0.05) is 55.0 Å². The van der Waals surface area contributed by atoms with E-state index in [1.165, 1.54) is 5.56 Å². The van der Waals surface area contributed by atoms with Crippen molar-refractivity contribution in [2.24, 2.45) is 10.9 Å². The number of hydrogen-bond donors (Lipinski definition) is 2. The average Bonchev–Trinajstić information content (AvgIpc) is 2.97. The number of allylic oxidation sites excluding steroid dienone is 3. The summed E-state index contributed by atoms with van der Waals surface area (Å²) in [7, 11) is 6.40. The summed E-state index contributed by atoms with van der Waals surface area (Å²) in [5, 5.41) is 16.2. The number of nitrogens with one attached hydrogen (secondary N) is 2. The molecule has 7 heteroatoms. The summed E-state index contributed by atoms with van der Waals surface area (Å²) in [6.45, 7) is 13.7. The molecule has 0 fully saturated rings. The summed E-state index contributed by atoms with van der Waals surface area (Å²) in [6.07, 6.45) is 11.9. The Labute approximate surface area is 229 Å². The van der Waals surface area contributed by atoms with Gasteiger partial charge in [0, 0.05) is 43.2 Å². The van der Waals surface area contributed by atoms with Crippen LogP contribution in [0.4, 0.5) is 0 Å². The molecule has 2 radical (unpaired) electrons. The largest absolute Gasteiger partial charge is 0.391 e. The third kappa shape index (κ3) is 7.73. The van der Waals surface area contributed by atoms with Crippen molar-refractivity contribution in [1.82, 2.24) is 20.5 Å². The highest BCUT2D eigenvalue weighted by Gasteiger charge is 2.26. The fourth-order valence-corrected chi connectivity index (χ4v) is 4.48. The number of amidine groups is 1. The molecule has 194 valence electrons. The fraction of sp³-hybridized carbons (Fsp3) is 0.323. The van der Waals surface area contributed by atoms with E-state index in [9.17, 15) is 5.26 Å². The van der Waals surface area contributed by atoms with Gasteiger partial charge in [-0.3, -0.25) is 9.98 Å². The van der Waals surface area contributed by atoms with Crippen molar-refractivity contribution < 1.29 is 0 Å². The molecule has 1 aromatic heterocycles. The quantitative estimate of drug-likeness (QED) is 0.286. The highest BCUT2D eigenvalue weighted by atomic mass is 15.3. The molecule has 2 aromatic rings. The Hall–Kier alpha value is -4.05. The van der Waals surface area contributed by atoms with Gasteiger partial charge >= 0.3 is 0 Å². The molecule has 1 aromatic carbocycles. The van der Waals surface area contributed by atoms with Gasteiger partial charge in [-0.25, -0.2) is 0 Å². The number of hydrogen-bond acceptors (Lipinski definition) is 5. The van der Waals surface area contributed by atoms with Crippen LogP contribution in [0.3, 0.4) is 0 Å². The molecule has 2 atom stereocenters. The molecule has 1 aliphatic rings. The van der Waals surface area contributed by atoms with Crippen LogP contribution in [0.2, 0.25) is 0 Å². The molecular weight excluding hydrogens is 467 g/mol. The zero-order valence-electron chi connectivity index (χ0n) is 22.5. The van der Waals surface area contributed by atoms with E-state index >= 15 is 0 Å². The number of nitrogens with zero attached hydrogens (tertiary/aromatic N) is 4. The van der Waals surface area contributed by atoms with E-state index < -0.39 is 0 Å². The maximum atomic E-state index is 9.34. The average molecular weight is 504 g/mol. The number of nitriles is 1. The first-order valence-electron chi connectivity index (χ1n) is 13.1. The maximum Gasteiger partial charge on any atom is 0.131 e. The normalized spacial score (nSPS) is 17.0. The summed E-state index contributed by atoms with van der Waals surface area (Å²) in [5.74, 6) is 1.75. The van der Waals surface area contributed by atoms with Gasteiger partial charge in [0.2, 0.25) is 0 Å². The SMILES string of the molecule is [B]/C(C=C)=C1\NC(C(CCNC=C)CCc2cccc(C(C)C#N)c2)=CC(=NCc2cccnc2)N1CC. The second kappa shape index (κ2) is 14.6. The summed E-state index contributed by atoms with van der Waals surface area (Å²) < 4.78 is 0. The van der Waals surface area contributed by atoms with Crippen molar-refractivity contribution >= 4 is 13.7 Å². The fourth-order valence-electron chi connectivity index (χ4n) is 4.48. The second-order valence-corrected chi connectivity index (χ2v) is 9.29. The molecule has 38 heavy (non-hydrogen) atoms. The molecule has 2 N–H and O–H groups in total. The molecule has 3 rings (SSSR count). The monoisotopic (exact) mass is 504 g/mol. The summed E-state index contributed by atoms with van der Waals surface area (Å²) in [6, 6.07) is 14.6. The van der Waals surface area contributed by atoms with Crippen LogP contribution in [0.5, 0.6) is 0 Å². The predicted molar refractivity (Wildman–Crippen MR) is 157 cm³/mol. The van der Waals surface area contributed by atoms with Crippen LogP contribution in [-0.2, 0) is 13.0 Å². The van der Waals surface area contributed by atoms with Crippen molar-refractivity contribution in [1.29, 1.82) is 5.26 Å². The molecule has 0 spiro atoms. The van der Waals surface area contributed by atoms with Crippen molar-refractivity contribution in [3.8, 4) is 6.07 Å². The predicted octanol–water partition coefficient (Wildman–Crippen LogP) is 5.31. The van der Waals surface area contributed by atoms with Gasteiger partial charge in [0.25, 0.3) is 0 Å². The van der Waals surface area contributed by atoms with Crippen molar-refractivity contribution in [3.05, 3.63) is 114 Å². The van der Waals surface area contributed by atoms with Crippen LogP contribution >= 0.6 is 0 Å². The molecule has 0 saturated heterocycles. The van der Waals surface area contributed by atoms with Gasteiger partial charge < -0.3 is 15.5 Å². The standard InChI is InChI=1S/C31H37BN6/c1-5-28(32)31-37-29(19-30(38(31)7-3)36-22-25-11-9-16-35-21-25)26(15-17-34-6-2)14-13-24-10-8-12-27(18-24)23(4)20-33/h5-6,8-12,16,18-19,21,23,26,34,37H,1-2,7,13-15,17,22H2,3-4H3/b31-28+,36-30?. The zero-order chi connectivity index (χ0) is 27.3. The lowest BCUT2D eigenvalue weighted by atomic mass is 9.89. The van der Waals surface area contributed by atoms with E-state index in [1.54, 1.807) is 18.5 Å². The molecular formula is C31H37BN6. The van der Waals surface area contributed by atoms with Gasteiger partial charge in [-0.05, 0) is 62.1 Å². The summed E-state index contributed by atoms with van der Waals surface area (Å²) >= 11 is 0. The lowest BCUT2D eigenvalue weighted by Gasteiger charge is -2.36. The highest BCUT2D eigenvalue weighted by Crippen LogP contribution is 2.27. The minimum atomic E-state index is -0.126. The van der Waals surface area contributed by atoms with Crippen LogP contribution in [0.1, 0.15) is 49.3 Å². The van der Waals surface area contributed by atoms with Gasteiger partial charge in [0.05, 0.1) is 18.5 Å². The molecule has 0 aliphatic carbocycles. The van der Waals surface area contributed by atoms with Gasteiger partial charge in [0.1, 0.15) is 19.5 Å². The van der Waals surface area contributed by atoms with E-state index in [0.29, 0.717) is 18.6 Å². The third-order valence-corrected chi connectivity index (χ3v) is 6.70. The number of rotatable bonds is 13. The van der Waals surface area contributed by atoms with Gasteiger partial charge in [-0.2, -0.15) is 5.26 Å². The van der Waals surface area contributed by atoms with E-state index in [4.69, 9.17) is 12.8 Å². The van der Waals surface area contributed by atoms with E-state index in [2.05, 4.69) is 64.9 Å². The van der Waals surface area contributed by atoms with Crippen LogP contribution in [0.25, 0.3) is 0 Å². The molecule has 2 unspecified atom stereocenters.